The van der Waals surface area contributed by atoms with E-state index in [2.05, 4.69) is 18.2 Å². The Labute approximate surface area is 107 Å². The zero-order valence-electron chi connectivity index (χ0n) is 10.3. The lowest BCUT2D eigenvalue weighted by Crippen LogP contribution is -2.15. The predicted octanol–water partition coefficient (Wildman–Crippen LogP) is 2.67. The standard InChI is InChI=1S/C16H16O2/c1-10(17)16(18)14-8-4-7-13-12-6-3-2-5-11(12)9-15(13)14/h2-8,10,16-18H,9H2,1H3. The average Bonchev–Trinajstić information content (AvgIpc) is 2.76. The lowest BCUT2D eigenvalue weighted by Gasteiger charge is -2.17. The van der Waals surface area contributed by atoms with Crippen LogP contribution < -0.4 is 0 Å². The summed E-state index contributed by atoms with van der Waals surface area (Å²) in [5, 5.41) is 19.7. The molecule has 0 spiro atoms. The summed E-state index contributed by atoms with van der Waals surface area (Å²) in [5.74, 6) is 0. The minimum Gasteiger partial charge on any atom is -0.390 e. The molecule has 0 aliphatic heterocycles. The fraction of sp³-hybridized carbons (Fsp3) is 0.250. The van der Waals surface area contributed by atoms with E-state index in [1.54, 1.807) is 6.92 Å². The molecule has 2 heteroatoms. The Morgan fingerprint density at radius 3 is 2.44 bits per heavy atom. The molecule has 0 saturated heterocycles. The summed E-state index contributed by atoms with van der Waals surface area (Å²) in [6.07, 6.45) is -0.722. The van der Waals surface area contributed by atoms with E-state index in [-0.39, 0.29) is 0 Å². The molecule has 0 aromatic heterocycles. The minimum atomic E-state index is -0.811. The SMILES string of the molecule is CC(O)C(O)c1cccc2c1Cc1ccccc1-2. The molecular weight excluding hydrogens is 224 g/mol. The van der Waals surface area contributed by atoms with Gasteiger partial charge in [-0.05, 0) is 41.2 Å². The molecule has 1 aliphatic rings. The fourth-order valence-electron chi connectivity index (χ4n) is 2.72. The first-order chi connectivity index (χ1) is 8.68. The molecule has 0 saturated carbocycles. The number of aliphatic hydroxyl groups is 2. The topological polar surface area (TPSA) is 40.5 Å². The molecule has 0 radical (unpaired) electrons. The average molecular weight is 240 g/mol. The summed E-state index contributed by atoms with van der Waals surface area (Å²) in [5.41, 5.74) is 5.71. The Hall–Kier alpha value is -1.64. The third-order valence-electron chi connectivity index (χ3n) is 3.66. The number of hydrogen-bond acceptors (Lipinski definition) is 2. The molecule has 2 aromatic rings. The lowest BCUT2D eigenvalue weighted by atomic mass is 9.95. The van der Waals surface area contributed by atoms with Crippen LogP contribution in [0.5, 0.6) is 0 Å². The Balaban J connectivity index is 2.14. The van der Waals surface area contributed by atoms with Gasteiger partial charge in [0.1, 0.15) is 6.10 Å². The second-order valence-corrected chi connectivity index (χ2v) is 4.89. The quantitative estimate of drug-likeness (QED) is 0.723. The van der Waals surface area contributed by atoms with Crippen LogP contribution in [0.4, 0.5) is 0 Å². The Kier molecular flexibility index (Phi) is 2.69. The normalized spacial score (nSPS) is 15.9. The third kappa shape index (κ3) is 1.65. The van der Waals surface area contributed by atoms with Crippen molar-refractivity contribution in [1.82, 2.24) is 0 Å². The van der Waals surface area contributed by atoms with Gasteiger partial charge in [-0.25, -0.2) is 0 Å². The summed E-state index contributed by atoms with van der Waals surface area (Å²) in [6, 6.07) is 14.2. The highest BCUT2D eigenvalue weighted by Crippen LogP contribution is 2.40. The second-order valence-electron chi connectivity index (χ2n) is 4.89. The van der Waals surface area contributed by atoms with Crippen molar-refractivity contribution in [3.63, 3.8) is 0 Å². The second kappa shape index (κ2) is 4.23. The molecule has 0 fully saturated rings. The molecule has 2 N–H and O–H groups in total. The number of aliphatic hydroxyl groups excluding tert-OH is 2. The van der Waals surface area contributed by atoms with E-state index < -0.39 is 12.2 Å². The Morgan fingerprint density at radius 2 is 1.67 bits per heavy atom. The van der Waals surface area contributed by atoms with E-state index >= 15 is 0 Å². The molecule has 2 aromatic carbocycles. The molecule has 0 heterocycles. The van der Waals surface area contributed by atoms with Crippen molar-refractivity contribution in [2.24, 2.45) is 0 Å². The Bertz CT molecular complexity index is 587. The molecule has 18 heavy (non-hydrogen) atoms. The van der Waals surface area contributed by atoms with Crippen LogP contribution >= 0.6 is 0 Å². The number of fused-ring (bicyclic) bond motifs is 3. The van der Waals surface area contributed by atoms with Crippen LogP contribution in [0, 0.1) is 0 Å². The van der Waals surface area contributed by atoms with Gasteiger partial charge in [-0.3, -0.25) is 0 Å². The molecule has 0 bridgehead atoms. The molecule has 2 nitrogen and oxygen atoms in total. The third-order valence-corrected chi connectivity index (χ3v) is 3.66. The maximum Gasteiger partial charge on any atom is 0.105 e. The molecule has 0 amide bonds. The fourth-order valence-corrected chi connectivity index (χ4v) is 2.72. The lowest BCUT2D eigenvalue weighted by molar-refractivity contribution is 0.0301. The van der Waals surface area contributed by atoms with Gasteiger partial charge in [-0.2, -0.15) is 0 Å². The summed E-state index contributed by atoms with van der Waals surface area (Å²) in [4.78, 5) is 0. The van der Waals surface area contributed by atoms with Gasteiger partial charge in [0.2, 0.25) is 0 Å². The highest BCUT2D eigenvalue weighted by Gasteiger charge is 2.24. The van der Waals surface area contributed by atoms with E-state index in [0.29, 0.717) is 0 Å². The van der Waals surface area contributed by atoms with Crippen LogP contribution in [0.15, 0.2) is 42.5 Å². The number of benzene rings is 2. The van der Waals surface area contributed by atoms with Gasteiger partial charge >= 0.3 is 0 Å². The van der Waals surface area contributed by atoms with Crippen molar-refractivity contribution in [3.05, 3.63) is 59.2 Å². The number of hydrogen-bond donors (Lipinski definition) is 2. The van der Waals surface area contributed by atoms with Crippen molar-refractivity contribution in [2.45, 2.75) is 25.6 Å². The first-order valence-corrected chi connectivity index (χ1v) is 6.24. The van der Waals surface area contributed by atoms with E-state index in [1.807, 2.05) is 24.3 Å². The van der Waals surface area contributed by atoms with Crippen molar-refractivity contribution in [2.75, 3.05) is 0 Å². The molecule has 2 atom stereocenters. The molecule has 92 valence electrons. The van der Waals surface area contributed by atoms with Gasteiger partial charge in [0.05, 0.1) is 6.10 Å². The smallest absolute Gasteiger partial charge is 0.105 e. The number of rotatable bonds is 2. The summed E-state index contributed by atoms with van der Waals surface area (Å²) >= 11 is 0. The van der Waals surface area contributed by atoms with E-state index in [1.165, 1.54) is 16.7 Å². The summed E-state index contributed by atoms with van der Waals surface area (Å²) in [6.45, 7) is 1.62. The monoisotopic (exact) mass is 240 g/mol. The first-order valence-electron chi connectivity index (χ1n) is 6.24. The van der Waals surface area contributed by atoms with Gasteiger partial charge in [0.25, 0.3) is 0 Å². The highest BCUT2D eigenvalue weighted by molar-refractivity contribution is 5.78. The van der Waals surface area contributed by atoms with Gasteiger partial charge in [0, 0.05) is 0 Å². The summed E-state index contributed by atoms with van der Waals surface area (Å²) < 4.78 is 0. The molecule has 2 unspecified atom stereocenters. The zero-order valence-corrected chi connectivity index (χ0v) is 10.3. The van der Waals surface area contributed by atoms with E-state index in [0.717, 1.165) is 17.5 Å². The van der Waals surface area contributed by atoms with Crippen LogP contribution in [0.25, 0.3) is 11.1 Å². The van der Waals surface area contributed by atoms with Crippen LogP contribution in [0.2, 0.25) is 0 Å². The van der Waals surface area contributed by atoms with Gasteiger partial charge in [-0.1, -0.05) is 42.5 Å². The zero-order chi connectivity index (χ0) is 12.7. The molecular formula is C16H16O2. The van der Waals surface area contributed by atoms with Crippen molar-refractivity contribution >= 4 is 0 Å². The maximum absolute atomic E-state index is 10.1. The van der Waals surface area contributed by atoms with Crippen molar-refractivity contribution in [1.29, 1.82) is 0 Å². The molecule has 1 aliphatic carbocycles. The maximum atomic E-state index is 10.1. The van der Waals surface area contributed by atoms with Crippen molar-refractivity contribution in [3.8, 4) is 11.1 Å². The first kappa shape index (κ1) is 11.5. The summed E-state index contributed by atoms with van der Waals surface area (Å²) in [7, 11) is 0. The highest BCUT2D eigenvalue weighted by atomic mass is 16.3. The predicted molar refractivity (Wildman–Crippen MR) is 71.3 cm³/mol. The van der Waals surface area contributed by atoms with Crippen LogP contribution in [0.3, 0.4) is 0 Å². The van der Waals surface area contributed by atoms with Gasteiger partial charge in [0.15, 0.2) is 0 Å². The Morgan fingerprint density at radius 1 is 0.944 bits per heavy atom. The largest absolute Gasteiger partial charge is 0.390 e. The minimum absolute atomic E-state index is 0.750. The van der Waals surface area contributed by atoms with Gasteiger partial charge < -0.3 is 10.2 Å². The van der Waals surface area contributed by atoms with Crippen LogP contribution in [-0.2, 0) is 6.42 Å². The van der Waals surface area contributed by atoms with Crippen LogP contribution in [-0.4, -0.2) is 16.3 Å². The van der Waals surface area contributed by atoms with E-state index in [9.17, 15) is 10.2 Å². The van der Waals surface area contributed by atoms with Crippen molar-refractivity contribution < 1.29 is 10.2 Å². The van der Waals surface area contributed by atoms with Crippen LogP contribution in [0.1, 0.15) is 29.7 Å². The molecule has 3 rings (SSSR count). The van der Waals surface area contributed by atoms with E-state index in [4.69, 9.17) is 0 Å². The van der Waals surface area contributed by atoms with Gasteiger partial charge in [-0.15, -0.1) is 0 Å².